The van der Waals surface area contributed by atoms with Gasteiger partial charge in [0.2, 0.25) is 0 Å². The summed E-state index contributed by atoms with van der Waals surface area (Å²) in [4.78, 5) is 16.6. The standard InChI is InChI=1S/C21H17ClN4O3/c1-28-21(27)17-19(29-12-13-5-3-2-4-6-13)18-16(20(23)25-17)11-24-26(18)15-9-7-14(22)8-10-15/h2-11H,12H2,1H3,(H2,23,25). The number of ether oxygens (including phenoxy) is 2. The maximum absolute atomic E-state index is 12.4. The van der Waals surface area contributed by atoms with Crippen LogP contribution in [0.5, 0.6) is 5.75 Å². The average Bonchev–Trinajstić information content (AvgIpc) is 3.19. The molecule has 0 aliphatic rings. The van der Waals surface area contributed by atoms with Crippen molar-refractivity contribution < 1.29 is 14.3 Å². The molecule has 0 unspecified atom stereocenters. The third-order valence-electron chi connectivity index (χ3n) is 4.38. The summed E-state index contributed by atoms with van der Waals surface area (Å²) < 4.78 is 12.6. The second-order valence-electron chi connectivity index (χ2n) is 6.24. The van der Waals surface area contributed by atoms with E-state index < -0.39 is 5.97 Å². The number of aromatic nitrogens is 3. The molecule has 0 fully saturated rings. The van der Waals surface area contributed by atoms with E-state index >= 15 is 0 Å². The number of nitrogens with zero attached hydrogens (tertiary/aromatic N) is 3. The van der Waals surface area contributed by atoms with E-state index in [2.05, 4.69) is 10.1 Å². The highest BCUT2D eigenvalue weighted by Gasteiger charge is 2.24. The van der Waals surface area contributed by atoms with Crippen molar-refractivity contribution in [2.45, 2.75) is 6.61 Å². The van der Waals surface area contributed by atoms with Crippen molar-refractivity contribution in [3.63, 3.8) is 0 Å². The first-order valence-corrected chi connectivity index (χ1v) is 9.14. The number of hydrogen-bond acceptors (Lipinski definition) is 6. The number of carbonyl (C=O) groups is 1. The Morgan fingerprint density at radius 1 is 1.14 bits per heavy atom. The Labute approximate surface area is 171 Å². The molecule has 2 aromatic carbocycles. The van der Waals surface area contributed by atoms with Crippen LogP contribution in [-0.2, 0) is 11.3 Å². The predicted octanol–water partition coefficient (Wildman–Crippen LogP) is 4.02. The Bertz CT molecular complexity index is 1170. The Hall–Kier alpha value is -3.58. The molecule has 146 valence electrons. The highest BCUT2D eigenvalue weighted by atomic mass is 35.5. The fraction of sp³-hybridized carbons (Fsp3) is 0.0952. The number of anilines is 1. The summed E-state index contributed by atoms with van der Waals surface area (Å²) in [6.45, 7) is 0.233. The van der Waals surface area contributed by atoms with Crippen molar-refractivity contribution in [1.82, 2.24) is 14.8 Å². The van der Waals surface area contributed by atoms with Crippen molar-refractivity contribution >= 4 is 34.3 Å². The number of nitrogens with two attached hydrogens (primary N) is 1. The first kappa shape index (κ1) is 18.8. The molecule has 2 N–H and O–H groups in total. The minimum absolute atomic E-state index is 0.0101. The minimum atomic E-state index is -0.648. The second kappa shape index (κ2) is 7.81. The molecule has 0 bridgehead atoms. The molecule has 4 rings (SSSR count). The molecule has 0 aliphatic carbocycles. The van der Waals surface area contributed by atoms with Gasteiger partial charge in [-0.2, -0.15) is 5.10 Å². The lowest BCUT2D eigenvalue weighted by molar-refractivity contribution is 0.0589. The van der Waals surface area contributed by atoms with Crippen LogP contribution < -0.4 is 10.5 Å². The normalized spacial score (nSPS) is 10.8. The van der Waals surface area contributed by atoms with Crippen molar-refractivity contribution in [3.05, 3.63) is 77.1 Å². The van der Waals surface area contributed by atoms with E-state index in [9.17, 15) is 4.79 Å². The third kappa shape index (κ3) is 3.60. The fourth-order valence-electron chi connectivity index (χ4n) is 2.98. The molecule has 0 spiro atoms. The van der Waals surface area contributed by atoms with Gasteiger partial charge < -0.3 is 15.2 Å². The first-order valence-electron chi connectivity index (χ1n) is 8.76. The largest absolute Gasteiger partial charge is 0.484 e. The Morgan fingerprint density at radius 3 is 2.55 bits per heavy atom. The van der Waals surface area contributed by atoms with Gasteiger partial charge in [-0.3, -0.25) is 0 Å². The van der Waals surface area contributed by atoms with Crippen LogP contribution in [0.4, 0.5) is 5.82 Å². The Balaban J connectivity index is 1.91. The van der Waals surface area contributed by atoms with Crippen LogP contribution in [0.15, 0.2) is 60.8 Å². The van der Waals surface area contributed by atoms with E-state index in [1.165, 1.54) is 7.11 Å². The van der Waals surface area contributed by atoms with E-state index in [1.54, 1.807) is 23.0 Å². The topological polar surface area (TPSA) is 92.3 Å². The highest BCUT2D eigenvalue weighted by molar-refractivity contribution is 6.30. The fourth-order valence-corrected chi connectivity index (χ4v) is 3.10. The van der Waals surface area contributed by atoms with Gasteiger partial charge >= 0.3 is 5.97 Å². The number of nitrogen functional groups attached to an aromatic ring is 1. The van der Waals surface area contributed by atoms with Gasteiger partial charge in [0.05, 0.1) is 24.4 Å². The first-order chi connectivity index (χ1) is 14.1. The van der Waals surface area contributed by atoms with E-state index in [4.69, 9.17) is 26.8 Å². The zero-order valence-corrected chi connectivity index (χ0v) is 16.3. The van der Waals surface area contributed by atoms with Crippen LogP contribution in [0.1, 0.15) is 16.1 Å². The smallest absolute Gasteiger partial charge is 0.360 e. The number of halogens is 1. The van der Waals surface area contributed by atoms with Crippen LogP contribution in [0.2, 0.25) is 5.02 Å². The molecule has 29 heavy (non-hydrogen) atoms. The van der Waals surface area contributed by atoms with Crippen molar-refractivity contribution in [2.75, 3.05) is 12.8 Å². The molecular formula is C21H17ClN4O3. The monoisotopic (exact) mass is 408 g/mol. The lowest BCUT2D eigenvalue weighted by atomic mass is 10.2. The highest BCUT2D eigenvalue weighted by Crippen LogP contribution is 2.34. The van der Waals surface area contributed by atoms with E-state index in [1.807, 2.05) is 42.5 Å². The zero-order chi connectivity index (χ0) is 20.4. The number of pyridine rings is 1. The number of hydrogen-bond donors (Lipinski definition) is 1. The zero-order valence-electron chi connectivity index (χ0n) is 15.5. The molecule has 0 radical (unpaired) electrons. The molecule has 8 heteroatoms. The quantitative estimate of drug-likeness (QED) is 0.501. The van der Waals surface area contributed by atoms with E-state index in [-0.39, 0.29) is 23.9 Å². The number of fused-ring (bicyclic) bond motifs is 1. The third-order valence-corrected chi connectivity index (χ3v) is 4.64. The van der Waals surface area contributed by atoms with Gasteiger partial charge in [0, 0.05) is 5.02 Å². The number of esters is 1. The molecule has 2 heterocycles. The summed E-state index contributed by atoms with van der Waals surface area (Å²) in [6.07, 6.45) is 1.59. The summed E-state index contributed by atoms with van der Waals surface area (Å²) in [7, 11) is 1.28. The number of benzene rings is 2. The molecular weight excluding hydrogens is 392 g/mol. The van der Waals surface area contributed by atoms with Crippen LogP contribution in [0.25, 0.3) is 16.6 Å². The number of carbonyl (C=O) groups excluding carboxylic acids is 1. The summed E-state index contributed by atoms with van der Waals surface area (Å²) in [6, 6.07) is 16.7. The van der Waals surface area contributed by atoms with Gasteiger partial charge in [-0.25, -0.2) is 14.5 Å². The lowest BCUT2D eigenvalue weighted by Crippen LogP contribution is -2.12. The second-order valence-corrected chi connectivity index (χ2v) is 6.67. The number of methoxy groups -OCH3 is 1. The summed E-state index contributed by atoms with van der Waals surface area (Å²) in [5, 5.41) is 5.58. The minimum Gasteiger partial charge on any atom is -0.484 e. The summed E-state index contributed by atoms with van der Waals surface area (Å²) in [5.74, 6) is -0.240. The molecule has 4 aromatic rings. The Morgan fingerprint density at radius 2 is 1.86 bits per heavy atom. The van der Waals surface area contributed by atoms with Gasteiger partial charge in [0.1, 0.15) is 17.9 Å². The van der Waals surface area contributed by atoms with Crippen LogP contribution in [0.3, 0.4) is 0 Å². The summed E-state index contributed by atoms with van der Waals surface area (Å²) in [5.41, 5.74) is 8.27. The molecule has 0 atom stereocenters. The van der Waals surface area contributed by atoms with Gasteiger partial charge in [-0.05, 0) is 29.8 Å². The lowest BCUT2D eigenvalue weighted by Gasteiger charge is -2.14. The maximum atomic E-state index is 12.4. The SMILES string of the molecule is COC(=O)c1nc(N)c2cnn(-c3ccc(Cl)cc3)c2c1OCc1ccccc1. The van der Waals surface area contributed by atoms with E-state index in [0.29, 0.717) is 15.9 Å². The molecule has 2 aromatic heterocycles. The van der Waals surface area contributed by atoms with Crippen molar-refractivity contribution in [3.8, 4) is 11.4 Å². The molecule has 7 nitrogen and oxygen atoms in total. The number of rotatable bonds is 5. The Kier molecular flexibility index (Phi) is 5.05. The predicted molar refractivity (Wildman–Crippen MR) is 110 cm³/mol. The summed E-state index contributed by atoms with van der Waals surface area (Å²) >= 11 is 6.01. The van der Waals surface area contributed by atoms with Gasteiger partial charge in [-0.15, -0.1) is 0 Å². The van der Waals surface area contributed by atoms with Gasteiger partial charge in [0.25, 0.3) is 0 Å². The van der Waals surface area contributed by atoms with Crippen LogP contribution >= 0.6 is 11.6 Å². The van der Waals surface area contributed by atoms with Crippen LogP contribution in [0, 0.1) is 0 Å². The molecule has 0 aliphatic heterocycles. The molecule has 0 saturated carbocycles. The van der Waals surface area contributed by atoms with Crippen molar-refractivity contribution in [2.24, 2.45) is 0 Å². The van der Waals surface area contributed by atoms with E-state index in [0.717, 1.165) is 11.3 Å². The van der Waals surface area contributed by atoms with Crippen LogP contribution in [-0.4, -0.2) is 27.8 Å². The van der Waals surface area contributed by atoms with Gasteiger partial charge in [0.15, 0.2) is 11.4 Å². The van der Waals surface area contributed by atoms with Gasteiger partial charge in [-0.1, -0.05) is 41.9 Å². The maximum Gasteiger partial charge on any atom is 0.360 e. The van der Waals surface area contributed by atoms with Crippen molar-refractivity contribution in [1.29, 1.82) is 0 Å². The molecule has 0 saturated heterocycles. The molecule has 0 amide bonds. The average molecular weight is 409 g/mol.